The van der Waals surface area contributed by atoms with E-state index in [0.29, 0.717) is 12.1 Å². The monoisotopic (exact) mass is 485 g/mol. The molecule has 2 aromatic rings. The standard InChI is InChI=1S/C26H36FN5O3/c1-14(28-2)25(34)31-22(15-6-4-3-5-7-15)26(35)32-13-21(33)23-24(32)19(12-30-23)18-11-29-20-10-16(27)8-9-17(18)20/h8-11,14-15,19,21-24,28-30,33H,3-7,12-13H2,1-2H3,(H,31,34)/t14?,19-,21?,22?,23?,24?/m0/s1. The van der Waals surface area contributed by atoms with Crippen LogP contribution in [0.25, 0.3) is 10.9 Å². The zero-order valence-electron chi connectivity index (χ0n) is 20.4. The number of likely N-dealkylation sites (tertiary alicyclic amines) is 1. The minimum atomic E-state index is -0.685. The number of carbonyl (C=O) groups excluding carboxylic acids is 2. The van der Waals surface area contributed by atoms with Crippen molar-refractivity contribution >= 4 is 22.7 Å². The van der Waals surface area contributed by atoms with Crippen molar-refractivity contribution < 1.29 is 19.1 Å². The number of aliphatic hydroxyl groups is 1. The van der Waals surface area contributed by atoms with Crippen LogP contribution in [0.1, 0.15) is 50.5 Å². The fourth-order valence-corrected chi connectivity index (χ4v) is 6.36. The minimum Gasteiger partial charge on any atom is -0.390 e. The van der Waals surface area contributed by atoms with Gasteiger partial charge in [-0.25, -0.2) is 4.39 Å². The Balaban J connectivity index is 1.45. The Morgan fingerprint density at radius 2 is 2.00 bits per heavy atom. The van der Waals surface area contributed by atoms with Gasteiger partial charge >= 0.3 is 0 Å². The summed E-state index contributed by atoms with van der Waals surface area (Å²) >= 11 is 0. The number of aliphatic hydroxyl groups excluding tert-OH is 1. The maximum atomic E-state index is 14.1. The van der Waals surface area contributed by atoms with Crippen LogP contribution in [-0.2, 0) is 9.59 Å². The number of hydrogen-bond donors (Lipinski definition) is 5. The highest BCUT2D eigenvalue weighted by atomic mass is 19.1. The van der Waals surface area contributed by atoms with E-state index in [2.05, 4.69) is 20.9 Å². The SMILES string of the molecule is CNC(C)C(=O)NC(C(=O)N1CC(O)C2NC[C@@H](c3c[nH]c4cc(F)ccc34)C21)C1CCCCC1. The van der Waals surface area contributed by atoms with Gasteiger partial charge in [0.05, 0.1) is 24.2 Å². The van der Waals surface area contributed by atoms with Gasteiger partial charge in [0.1, 0.15) is 11.9 Å². The number of rotatable bonds is 6. The molecule has 1 aliphatic carbocycles. The van der Waals surface area contributed by atoms with Crippen molar-refractivity contribution in [1.82, 2.24) is 25.8 Å². The highest BCUT2D eigenvalue weighted by molar-refractivity contribution is 5.90. The lowest BCUT2D eigenvalue weighted by atomic mass is 9.82. The molecule has 0 radical (unpaired) electrons. The molecule has 190 valence electrons. The van der Waals surface area contributed by atoms with Crippen LogP contribution >= 0.6 is 0 Å². The van der Waals surface area contributed by atoms with E-state index in [-0.39, 0.29) is 48.1 Å². The predicted molar refractivity (Wildman–Crippen MR) is 131 cm³/mol. The smallest absolute Gasteiger partial charge is 0.245 e. The van der Waals surface area contributed by atoms with Crippen molar-refractivity contribution in [2.45, 2.75) is 75.2 Å². The molecule has 2 aliphatic heterocycles. The summed E-state index contributed by atoms with van der Waals surface area (Å²) in [4.78, 5) is 31.9. The van der Waals surface area contributed by atoms with Crippen molar-refractivity contribution in [2.24, 2.45) is 5.92 Å². The van der Waals surface area contributed by atoms with E-state index in [0.717, 1.165) is 43.1 Å². The van der Waals surface area contributed by atoms with E-state index < -0.39 is 18.2 Å². The highest BCUT2D eigenvalue weighted by Crippen LogP contribution is 2.40. The molecule has 5 N–H and O–H groups in total. The van der Waals surface area contributed by atoms with Gasteiger partial charge in [0.2, 0.25) is 11.8 Å². The molecule has 0 bridgehead atoms. The zero-order valence-corrected chi connectivity index (χ0v) is 20.4. The van der Waals surface area contributed by atoms with Gasteiger partial charge in [-0.2, -0.15) is 0 Å². The van der Waals surface area contributed by atoms with Crippen LogP contribution in [0, 0.1) is 11.7 Å². The third kappa shape index (κ3) is 4.45. The number of likely N-dealkylation sites (N-methyl/N-ethyl adjacent to an activating group) is 1. The first-order chi connectivity index (χ1) is 16.9. The molecule has 5 unspecified atom stereocenters. The summed E-state index contributed by atoms with van der Waals surface area (Å²) in [5, 5.41) is 21.2. The summed E-state index contributed by atoms with van der Waals surface area (Å²) in [6, 6.07) is 3.19. The zero-order chi connectivity index (χ0) is 24.7. The molecule has 1 saturated carbocycles. The molecule has 6 atom stereocenters. The number of aromatic nitrogens is 1. The number of nitrogens with one attached hydrogen (secondary N) is 4. The normalized spacial score (nSPS) is 28.7. The van der Waals surface area contributed by atoms with E-state index in [9.17, 15) is 19.1 Å². The van der Waals surface area contributed by atoms with Gasteiger partial charge in [-0.05, 0) is 56.5 Å². The fourth-order valence-electron chi connectivity index (χ4n) is 6.36. The quantitative estimate of drug-likeness (QED) is 0.427. The van der Waals surface area contributed by atoms with Gasteiger partial charge < -0.3 is 30.9 Å². The topological polar surface area (TPSA) is 109 Å². The molecule has 3 heterocycles. The number of halogens is 1. The third-order valence-corrected chi connectivity index (χ3v) is 8.38. The Morgan fingerprint density at radius 3 is 2.74 bits per heavy atom. The first kappa shape index (κ1) is 24.2. The van der Waals surface area contributed by atoms with Crippen molar-refractivity contribution in [3.8, 4) is 0 Å². The maximum Gasteiger partial charge on any atom is 0.245 e. The van der Waals surface area contributed by atoms with Crippen LogP contribution in [0.15, 0.2) is 24.4 Å². The summed E-state index contributed by atoms with van der Waals surface area (Å²) in [7, 11) is 1.73. The molecule has 3 aliphatic rings. The Morgan fingerprint density at radius 1 is 1.23 bits per heavy atom. The number of fused-ring (bicyclic) bond motifs is 2. The molecule has 1 aromatic heterocycles. The molecule has 0 spiro atoms. The molecule has 35 heavy (non-hydrogen) atoms. The number of amides is 2. The Bertz CT molecular complexity index is 1080. The van der Waals surface area contributed by atoms with Gasteiger partial charge in [-0.15, -0.1) is 0 Å². The molecule has 5 rings (SSSR count). The molecule has 3 fully saturated rings. The van der Waals surface area contributed by atoms with Crippen LogP contribution < -0.4 is 16.0 Å². The largest absolute Gasteiger partial charge is 0.390 e. The van der Waals surface area contributed by atoms with Gasteiger partial charge in [-0.3, -0.25) is 9.59 Å². The Kier molecular flexibility index (Phi) is 6.83. The van der Waals surface area contributed by atoms with E-state index in [1.54, 1.807) is 24.9 Å². The molecular formula is C26H36FN5O3. The van der Waals surface area contributed by atoms with Crippen LogP contribution in [0.3, 0.4) is 0 Å². The molecule has 9 heteroatoms. The number of H-pyrrole nitrogens is 1. The number of carbonyl (C=O) groups is 2. The average Bonchev–Trinajstić information content (AvgIpc) is 3.56. The molecule has 1 aromatic carbocycles. The number of nitrogens with zero attached hydrogens (tertiary/aromatic N) is 1. The van der Waals surface area contributed by atoms with E-state index >= 15 is 0 Å². The Hall–Kier alpha value is -2.49. The second-order valence-electron chi connectivity index (χ2n) is 10.4. The average molecular weight is 486 g/mol. The lowest BCUT2D eigenvalue weighted by Gasteiger charge is -2.36. The second kappa shape index (κ2) is 9.87. The highest BCUT2D eigenvalue weighted by Gasteiger charge is 2.53. The first-order valence-electron chi connectivity index (χ1n) is 12.8. The van der Waals surface area contributed by atoms with Gasteiger partial charge in [0.15, 0.2) is 0 Å². The van der Waals surface area contributed by atoms with Crippen molar-refractivity contribution in [1.29, 1.82) is 0 Å². The van der Waals surface area contributed by atoms with Gasteiger partial charge in [0.25, 0.3) is 0 Å². The van der Waals surface area contributed by atoms with Gasteiger partial charge in [0, 0.05) is 36.1 Å². The summed E-state index contributed by atoms with van der Waals surface area (Å²) in [6.07, 6.45) is 6.28. The van der Waals surface area contributed by atoms with E-state index in [1.807, 2.05) is 6.20 Å². The number of benzene rings is 1. The molecule has 2 saturated heterocycles. The third-order valence-electron chi connectivity index (χ3n) is 8.38. The van der Waals surface area contributed by atoms with Crippen LogP contribution in [0.5, 0.6) is 0 Å². The van der Waals surface area contributed by atoms with Crippen molar-refractivity contribution in [2.75, 3.05) is 20.1 Å². The van der Waals surface area contributed by atoms with Gasteiger partial charge in [-0.1, -0.05) is 19.3 Å². The van der Waals surface area contributed by atoms with E-state index in [4.69, 9.17) is 0 Å². The maximum absolute atomic E-state index is 14.1. The molecule has 8 nitrogen and oxygen atoms in total. The minimum absolute atomic E-state index is 0.0562. The van der Waals surface area contributed by atoms with Crippen LogP contribution in [0.2, 0.25) is 0 Å². The number of aromatic amines is 1. The number of hydrogen-bond acceptors (Lipinski definition) is 5. The lowest BCUT2D eigenvalue weighted by Crippen LogP contribution is -2.57. The van der Waals surface area contributed by atoms with Crippen LogP contribution in [-0.4, -0.2) is 77.2 Å². The summed E-state index contributed by atoms with van der Waals surface area (Å²) in [5.41, 5.74) is 1.72. The lowest BCUT2D eigenvalue weighted by molar-refractivity contribution is -0.140. The molecular weight excluding hydrogens is 449 g/mol. The van der Waals surface area contributed by atoms with Crippen molar-refractivity contribution in [3.05, 3.63) is 35.8 Å². The molecule has 2 amide bonds. The predicted octanol–water partition coefficient (Wildman–Crippen LogP) is 1.61. The Labute approximate surface area is 205 Å². The van der Waals surface area contributed by atoms with Crippen molar-refractivity contribution in [3.63, 3.8) is 0 Å². The fraction of sp³-hybridized carbons (Fsp3) is 0.615. The second-order valence-corrected chi connectivity index (χ2v) is 10.4. The van der Waals surface area contributed by atoms with Crippen LogP contribution in [0.4, 0.5) is 4.39 Å². The first-order valence-corrected chi connectivity index (χ1v) is 12.8. The summed E-state index contributed by atoms with van der Waals surface area (Å²) < 4.78 is 13.8. The number of β-amino-alcohol motifs (C(OH)–C–C–N with tert-alkyl or cyclic N) is 1. The van der Waals surface area contributed by atoms with E-state index in [1.165, 1.54) is 12.1 Å². The summed E-state index contributed by atoms with van der Waals surface area (Å²) in [6.45, 7) is 2.62. The summed E-state index contributed by atoms with van der Waals surface area (Å²) in [5.74, 6) is -0.570.